The molecule has 0 fully saturated rings. The zero-order valence-electron chi connectivity index (χ0n) is 17.4. The molecule has 1 aliphatic rings. The minimum atomic E-state index is -0.914. The number of aliphatic imine (C=N–C) groups is 2. The van der Waals surface area contributed by atoms with E-state index in [0.29, 0.717) is 17.2 Å². The van der Waals surface area contributed by atoms with Crippen LogP contribution in [0.25, 0.3) is 0 Å². The van der Waals surface area contributed by atoms with Crippen molar-refractivity contribution in [3.8, 4) is 11.5 Å². The number of nitrogens with one attached hydrogen (secondary N) is 3. The highest BCUT2D eigenvalue weighted by molar-refractivity contribution is 6.11. The molecule has 1 atom stereocenters. The zero-order valence-corrected chi connectivity index (χ0v) is 17.4. The number of carbonyl (C=O) groups is 2. The molecule has 0 saturated heterocycles. The van der Waals surface area contributed by atoms with Crippen molar-refractivity contribution in [2.75, 3.05) is 24.9 Å². The highest BCUT2D eigenvalue weighted by Gasteiger charge is 2.29. The SMILES string of the molecule is COc1ccc(OC)c(NC(=O)CC2N=C(/N=C(\N)Nc3ccc(C)cc3)NC2=O)c1. The number of anilines is 2. The summed E-state index contributed by atoms with van der Waals surface area (Å²) in [6, 6.07) is 11.7. The van der Waals surface area contributed by atoms with E-state index in [-0.39, 0.29) is 18.3 Å². The number of nitrogens with two attached hydrogens (primary N) is 1. The molecule has 0 aliphatic carbocycles. The molecule has 1 unspecified atom stereocenters. The molecule has 0 aromatic heterocycles. The molecule has 31 heavy (non-hydrogen) atoms. The number of amides is 2. The van der Waals surface area contributed by atoms with Gasteiger partial charge in [-0.3, -0.25) is 14.9 Å². The van der Waals surface area contributed by atoms with Crippen molar-refractivity contribution in [2.24, 2.45) is 15.7 Å². The predicted octanol–water partition coefficient (Wildman–Crippen LogP) is 1.62. The first-order valence-corrected chi connectivity index (χ1v) is 9.46. The number of hydrogen-bond donors (Lipinski definition) is 4. The first kappa shape index (κ1) is 21.6. The Kier molecular flexibility index (Phi) is 6.71. The van der Waals surface area contributed by atoms with Crippen LogP contribution in [-0.2, 0) is 9.59 Å². The summed E-state index contributed by atoms with van der Waals surface area (Å²) in [4.78, 5) is 32.9. The molecule has 10 nitrogen and oxygen atoms in total. The summed E-state index contributed by atoms with van der Waals surface area (Å²) in [6.45, 7) is 1.98. The second kappa shape index (κ2) is 9.61. The Morgan fingerprint density at radius 3 is 2.58 bits per heavy atom. The van der Waals surface area contributed by atoms with Crippen LogP contribution >= 0.6 is 0 Å². The standard InChI is InChI=1S/C21H24N6O4/c1-12-4-6-13(7-5-12)23-20(22)27-21-25-16(19(29)26-21)11-18(28)24-15-10-14(30-2)8-9-17(15)31-3/h4-10,16H,11H2,1-3H3,(H,24,28)(H4,22,23,25,26,27,29). The monoisotopic (exact) mass is 424 g/mol. The molecule has 3 rings (SSSR count). The van der Waals surface area contributed by atoms with Crippen molar-refractivity contribution in [3.63, 3.8) is 0 Å². The van der Waals surface area contributed by atoms with Gasteiger partial charge in [-0.25, -0.2) is 4.99 Å². The molecule has 2 aromatic rings. The number of hydrogen-bond acceptors (Lipinski definition) is 6. The number of carbonyl (C=O) groups excluding carboxylic acids is 2. The van der Waals surface area contributed by atoms with Crippen molar-refractivity contribution in [2.45, 2.75) is 19.4 Å². The van der Waals surface area contributed by atoms with Crippen LogP contribution in [0.1, 0.15) is 12.0 Å². The summed E-state index contributed by atoms with van der Waals surface area (Å²) in [5.74, 6) is 0.281. The molecule has 10 heteroatoms. The van der Waals surface area contributed by atoms with Gasteiger partial charge < -0.3 is 25.8 Å². The quantitative estimate of drug-likeness (QED) is 0.410. The minimum absolute atomic E-state index is 0.0406. The van der Waals surface area contributed by atoms with Crippen LogP contribution in [0, 0.1) is 6.92 Å². The van der Waals surface area contributed by atoms with Gasteiger partial charge in [0.15, 0.2) is 0 Å². The highest BCUT2D eigenvalue weighted by atomic mass is 16.5. The van der Waals surface area contributed by atoms with Crippen LogP contribution < -0.4 is 31.2 Å². The van der Waals surface area contributed by atoms with Crippen molar-refractivity contribution in [3.05, 3.63) is 48.0 Å². The van der Waals surface area contributed by atoms with E-state index in [0.717, 1.165) is 11.3 Å². The summed E-state index contributed by atoms with van der Waals surface area (Å²) in [6.07, 6.45) is -0.170. The Balaban J connectivity index is 1.63. The summed E-state index contributed by atoms with van der Waals surface area (Å²) in [5.41, 5.74) is 8.17. The van der Waals surface area contributed by atoms with Gasteiger partial charge in [-0.15, -0.1) is 0 Å². The van der Waals surface area contributed by atoms with E-state index in [1.54, 1.807) is 18.2 Å². The largest absolute Gasteiger partial charge is 0.497 e. The fourth-order valence-corrected chi connectivity index (χ4v) is 2.84. The number of aryl methyl sites for hydroxylation is 1. The Morgan fingerprint density at radius 2 is 1.90 bits per heavy atom. The second-order valence-corrected chi connectivity index (χ2v) is 6.76. The average molecular weight is 424 g/mol. The second-order valence-electron chi connectivity index (χ2n) is 6.76. The van der Waals surface area contributed by atoms with Gasteiger partial charge in [0.25, 0.3) is 5.91 Å². The zero-order chi connectivity index (χ0) is 22.4. The maximum Gasteiger partial charge on any atom is 0.252 e. The minimum Gasteiger partial charge on any atom is -0.497 e. The first-order valence-electron chi connectivity index (χ1n) is 9.46. The molecule has 5 N–H and O–H groups in total. The lowest BCUT2D eigenvalue weighted by Crippen LogP contribution is -2.32. The average Bonchev–Trinajstić information content (AvgIpc) is 3.07. The predicted molar refractivity (Wildman–Crippen MR) is 119 cm³/mol. The van der Waals surface area contributed by atoms with E-state index in [4.69, 9.17) is 15.2 Å². The van der Waals surface area contributed by atoms with Gasteiger partial charge in [-0.05, 0) is 31.2 Å². The number of ether oxygens (including phenoxy) is 2. The van der Waals surface area contributed by atoms with Gasteiger partial charge in [0.05, 0.1) is 26.3 Å². The summed E-state index contributed by atoms with van der Waals surface area (Å²) in [7, 11) is 3.01. The van der Waals surface area contributed by atoms with Gasteiger partial charge in [0.2, 0.25) is 17.8 Å². The molecular formula is C21H24N6O4. The lowest BCUT2D eigenvalue weighted by Gasteiger charge is -2.12. The van der Waals surface area contributed by atoms with Crippen LogP contribution in [0.2, 0.25) is 0 Å². The molecule has 0 bridgehead atoms. The van der Waals surface area contributed by atoms with Crippen molar-refractivity contribution >= 4 is 35.1 Å². The van der Waals surface area contributed by atoms with Crippen LogP contribution in [0.15, 0.2) is 52.4 Å². The Bertz CT molecular complexity index is 1030. The molecule has 2 aromatic carbocycles. The lowest BCUT2D eigenvalue weighted by atomic mass is 10.2. The number of guanidine groups is 2. The topological polar surface area (TPSA) is 139 Å². The van der Waals surface area contributed by atoms with E-state index in [1.165, 1.54) is 14.2 Å². The molecule has 162 valence electrons. The maximum atomic E-state index is 12.4. The van der Waals surface area contributed by atoms with Gasteiger partial charge in [0.1, 0.15) is 17.5 Å². The molecule has 0 radical (unpaired) electrons. The Morgan fingerprint density at radius 1 is 1.16 bits per heavy atom. The van der Waals surface area contributed by atoms with E-state index in [1.807, 2.05) is 31.2 Å². The number of benzene rings is 2. The summed E-state index contributed by atoms with van der Waals surface area (Å²) >= 11 is 0. The fourth-order valence-electron chi connectivity index (χ4n) is 2.84. The van der Waals surface area contributed by atoms with E-state index in [2.05, 4.69) is 25.9 Å². The van der Waals surface area contributed by atoms with E-state index in [9.17, 15) is 9.59 Å². The maximum absolute atomic E-state index is 12.4. The van der Waals surface area contributed by atoms with Crippen LogP contribution in [0.3, 0.4) is 0 Å². The lowest BCUT2D eigenvalue weighted by molar-refractivity contribution is -0.123. The molecule has 2 amide bonds. The third-order valence-electron chi connectivity index (χ3n) is 4.43. The van der Waals surface area contributed by atoms with Gasteiger partial charge in [0, 0.05) is 11.8 Å². The van der Waals surface area contributed by atoms with Gasteiger partial charge in [-0.1, -0.05) is 17.7 Å². The summed E-state index contributed by atoms with van der Waals surface area (Å²) in [5, 5.41) is 8.14. The third kappa shape index (κ3) is 5.72. The van der Waals surface area contributed by atoms with Gasteiger partial charge >= 0.3 is 0 Å². The highest BCUT2D eigenvalue weighted by Crippen LogP contribution is 2.29. The van der Waals surface area contributed by atoms with Gasteiger partial charge in [-0.2, -0.15) is 4.99 Å². The van der Waals surface area contributed by atoms with Crippen molar-refractivity contribution in [1.82, 2.24) is 5.32 Å². The van der Waals surface area contributed by atoms with E-state index >= 15 is 0 Å². The van der Waals surface area contributed by atoms with E-state index < -0.39 is 17.9 Å². The first-order chi connectivity index (χ1) is 14.9. The Hall–Kier alpha value is -4.08. The third-order valence-corrected chi connectivity index (χ3v) is 4.43. The molecule has 0 saturated carbocycles. The van der Waals surface area contributed by atoms with Crippen molar-refractivity contribution in [1.29, 1.82) is 0 Å². The fraction of sp³-hybridized carbons (Fsp3) is 0.238. The summed E-state index contributed by atoms with van der Waals surface area (Å²) < 4.78 is 10.4. The number of nitrogens with zero attached hydrogens (tertiary/aromatic N) is 2. The van der Waals surface area contributed by atoms with Crippen LogP contribution in [0.5, 0.6) is 11.5 Å². The molecule has 0 spiro atoms. The smallest absolute Gasteiger partial charge is 0.252 e. The number of rotatable bonds is 6. The number of methoxy groups -OCH3 is 2. The normalized spacial score (nSPS) is 15.7. The Labute approximate surface area is 179 Å². The molecule has 1 aliphatic heterocycles. The van der Waals surface area contributed by atoms with Crippen LogP contribution in [0.4, 0.5) is 11.4 Å². The molecule has 1 heterocycles. The van der Waals surface area contributed by atoms with Crippen molar-refractivity contribution < 1.29 is 19.1 Å². The molecular weight excluding hydrogens is 400 g/mol. The van der Waals surface area contributed by atoms with Crippen LogP contribution in [-0.4, -0.2) is 44.0 Å².